The van der Waals surface area contributed by atoms with Crippen molar-refractivity contribution in [1.29, 1.82) is 5.26 Å². The SMILES string of the molecule is C[C@@H](c1ccccc1)n1c(=O)[nH]c2ncc(-c3cccc(C#N)c3)nc21. The second kappa shape index (κ2) is 6.30. The van der Waals surface area contributed by atoms with Gasteiger partial charge in [0.2, 0.25) is 0 Å². The van der Waals surface area contributed by atoms with E-state index in [0.717, 1.165) is 11.1 Å². The number of H-pyrrole nitrogens is 1. The van der Waals surface area contributed by atoms with Gasteiger partial charge in [-0.3, -0.25) is 9.55 Å². The van der Waals surface area contributed by atoms with Crippen LogP contribution in [0.25, 0.3) is 22.6 Å². The molecular formula is C20H15N5O. The Kier molecular flexibility index (Phi) is 3.82. The lowest BCUT2D eigenvalue weighted by Crippen LogP contribution is -2.21. The fraction of sp³-hybridized carbons (Fsp3) is 0.100. The lowest BCUT2D eigenvalue weighted by Gasteiger charge is -2.13. The summed E-state index contributed by atoms with van der Waals surface area (Å²) < 4.78 is 1.61. The van der Waals surface area contributed by atoms with Crippen LogP contribution in [0.1, 0.15) is 24.1 Å². The third-order valence-electron chi connectivity index (χ3n) is 4.38. The summed E-state index contributed by atoms with van der Waals surface area (Å²) >= 11 is 0. The normalized spacial score (nSPS) is 12.0. The third-order valence-corrected chi connectivity index (χ3v) is 4.38. The number of imidazole rings is 1. The number of hydrogen-bond donors (Lipinski definition) is 1. The van der Waals surface area contributed by atoms with Crippen molar-refractivity contribution in [3.8, 4) is 17.3 Å². The van der Waals surface area contributed by atoms with Crippen LogP contribution < -0.4 is 5.69 Å². The van der Waals surface area contributed by atoms with Gasteiger partial charge in [-0.05, 0) is 24.6 Å². The van der Waals surface area contributed by atoms with Gasteiger partial charge in [0.1, 0.15) is 0 Å². The van der Waals surface area contributed by atoms with Crippen LogP contribution >= 0.6 is 0 Å². The van der Waals surface area contributed by atoms with E-state index in [9.17, 15) is 4.79 Å². The van der Waals surface area contributed by atoms with Crippen molar-refractivity contribution in [2.45, 2.75) is 13.0 Å². The molecule has 0 aliphatic carbocycles. The summed E-state index contributed by atoms with van der Waals surface area (Å²) in [6, 6.07) is 18.9. The van der Waals surface area contributed by atoms with Gasteiger partial charge in [-0.25, -0.2) is 14.8 Å². The summed E-state index contributed by atoms with van der Waals surface area (Å²) in [6.07, 6.45) is 1.60. The maximum absolute atomic E-state index is 12.5. The van der Waals surface area contributed by atoms with Gasteiger partial charge < -0.3 is 0 Å². The van der Waals surface area contributed by atoms with E-state index in [1.54, 1.807) is 29.0 Å². The van der Waals surface area contributed by atoms with Gasteiger partial charge in [0.15, 0.2) is 11.3 Å². The lowest BCUT2D eigenvalue weighted by molar-refractivity contribution is 0.631. The summed E-state index contributed by atoms with van der Waals surface area (Å²) in [4.78, 5) is 24.2. The van der Waals surface area contributed by atoms with E-state index in [4.69, 9.17) is 5.26 Å². The molecule has 0 fully saturated rings. The van der Waals surface area contributed by atoms with Crippen molar-refractivity contribution >= 4 is 11.3 Å². The molecule has 2 aromatic heterocycles. The number of benzene rings is 2. The van der Waals surface area contributed by atoms with Gasteiger partial charge in [-0.2, -0.15) is 5.26 Å². The summed E-state index contributed by atoms with van der Waals surface area (Å²) in [5, 5.41) is 9.09. The molecule has 0 aliphatic heterocycles. The van der Waals surface area contributed by atoms with Crippen LogP contribution in [0.4, 0.5) is 0 Å². The lowest BCUT2D eigenvalue weighted by atomic mass is 10.1. The zero-order chi connectivity index (χ0) is 18.1. The van der Waals surface area contributed by atoms with Crippen molar-refractivity contribution in [2.24, 2.45) is 0 Å². The third kappa shape index (κ3) is 2.66. The predicted molar refractivity (Wildman–Crippen MR) is 98.6 cm³/mol. The molecule has 0 radical (unpaired) electrons. The molecule has 0 amide bonds. The van der Waals surface area contributed by atoms with E-state index in [-0.39, 0.29) is 11.7 Å². The topological polar surface area (TPSA) is 87.4 Å². The molecule has 0 aliphatic rings. The molecule has 6 heteroatoms. The molecule has 2 aromatic carbocycles. The summed E-state index contributed by atoms with van der Waals surface area (Å²) in [7, 11) is 0. The molecule has 0 unspecified atom stereocenters. The van der Waals surface area contributed by atoms with Crippen LogP contribution in [0.15, 0.2) is 65.6 Å². The Balaban J connectivity index is 1.88. The van der Waals surface area contributed by atoms with Crippen molar-refractivity contribution < 1.29 is 0 Å². The zero-order valence-corrected chi connectivity index (χ0v) is 14.0. The molecule has 0 spiro atoms. The van der Waals surface area contributed by atoms with Crippen LogP contribution in [-0.4, -0.2) is 19.5 Å². The molecule has 2 heterocycles. The summed E-state index contributed by atoms with van der Waals surface area (Å²) in [5.41, 5.74) is 3.64. The van der Waals surface area contributed by atoms with Gasteiger partial charge in [-0.15, -0.1) is 0 Å². The van der Waals surface area contributed by atoms with Crippen LogP contribution in [0.2, 0.25) is 0 Å². The summed E-state index contributed by atoms with van der Waals surface area (Å²) in [5.74, 6) is 0. The first-order valence-electron chi connectivity index (χ1n) is 8.20. The van der Waals surface area contributed by atoms with Crippen molar-refractivity contribution in [2.75, 3.05) is 0 Å². The van der Waals surface area contributed by atoms with E-state index in [1.165, 1.54) is 0 Å². The van der Waals surface area contributed by atoms with E-state index in [1.807, 2.05) is 43.3 Å². The average molecular weight is 341 g/mol. The number of hydrogen-bond acceptors (Lipinski definition) is 4. The van der Waals surface area contributed by atoms with Crippen LogP contribution in [0.5, 0.6) is 0 Å². The minimum atomic E-state index is -0.251. The number of nitrogens with zero attached hydrogens (tertiary/aromatic N) is 4. The van der Waals surface area contributed by atoms with E-state index < -0.39 is 0 Å². The van der Waals surface area contributed by atoms with Gasteiger partial charge in [-0.1, -0.05) is 42.5 Å². The Bertz CT molecular complexity index is 1180. The minimum absolute atomic E-state index is 0.188. The first-order valence-corrected chi connectivity index (χ1v) is 8.20. The maximum atomic E-state index is 12.5. The molecule has 1 N–H and O–H groups in total. The van der Waals surface area contributed by atoms with Crippen molar-refractivity contribution in [3.05, 3.63) is 82.4 Å². The Morgan fingerprint density at radius 3 is 2.73 bits per heavy atom. The summed E-state index contributed by atoms with van der Waals surface area (Å²) in [6.45, 7) is 1.95. The molecule has 4 rings (SSSR count). The number of aromatic amines is 1. The first-order chi connectivity index (χ1) is 12.7. The van der Waals surface area contributed by atoms with E-state index >= 15 is 0 Å². The largest absolute Gasteiger partial charge is 0.329 e. The van der Waals surface area contributed by atoms with Crippen LogP contribution in [0.3, 0.4) is 0 Å². The molecule has 26 heavy (non-hydrogen) atoms. The number of nitrogens with one attached hydrogen (secondary N) is 1. The van der Waals surface area contributed by atoms with Crippen molar-refractivity contribution in [1.82, 2.24) is 19.5 Å². The second-order valence-corrected chi connectivity index (χ2v) is 6.01. The van der Waals surface area contributed by atoms with Gasteiger partial charge in [0, 0.05) is 5.56 Å². The zero-order valence-electron chi connectivity index (χ0n) is 14.0. The minimum Gasteiger partial charge on any atom is -0.289 e. The van der Waals surface area contributed by atoms with Gasteiger partial charge >= 0.3 is 5.69 Å². The molecule has 6 nitrogen and oxygen atoms in total. The predicted octanol–water partition coefficient (Wildman–Crippen LogP) is 3.27. The second-order valence-electron chi connectivity index (χ2n) is 6.01. The first kappa shape index (κ1) is 15.8. The quantitative estimate of drug-likeness (QED) is 0.619. The monoisotopic (exact) mass is 341 g/mol. The molecular weight excluding hydrogens is 326 g/mol. The molecule has 0 saturated carbocycles. The number of aromatic nitrogens is 4. The van der Waals surface area contributed by atoms with E-state index in [0.29, 0.717) is 22.6 Å². The molecule has 1 atom stereocenters. The average Bonchev–Trinajstić information content (AvgIpc) is 3.03. The van der Waals surface area contributed by atoms with Crippen LogP contribution in [0, 0.1) is 11.3 Å². The molecule has 126 valence electrons. The Morgan fingerprint density at radius 2 is 1.96 bits per heavy atom. The van der Waals surface area contributed by atoms with E-state index in [2.05, 4.69) is 21.0 Å². The maximum Gasteiger partial charge on any atom is 0.329 e. The Hall–Kier alpha value is -3.72. The molecule has 4 aromatic rings. The molecule has 0 saturated heterocycles. The number of nitriles is 1. The number of rotatable bonds is 3. The fourth-order valence-electron chi connectivity index (χ4n) is 3.02. The molecule has 0 bridgehead atoms. The standard InChI is InChI=1S/C20H15N5O/c1-13(15-7-3-2-4-8-15)25-19-18(24-20(25)26)22-12-17(23-19)16-9-5-6-14(10-16)11-21/h2-10,12-13H,1H3,(H,22,24,26)/t13-/m0/s1. The Morgan fingerprint density at radius 1 is 1.15 bits per heavy atom. The highest BCUT2D eigenvalue weighted by Crippen LogP contribution is 2.22. The highest BCUT2D eigenvalue weighted by Gasteiger charge is 2.17. The van der Waals surface area contributed by atoms with Gasteiger partial charge in [0.25, 0.3) is 0 Å². The smallest absolute Gasteiger partial charge is 0.289 e. The highest BCUT2D eigenvalue weighted by atomic mass is 16.1. The van der Waals surface area contributed by atoms with Crippen molar-refractivity contribution in [3.63, 3.8) is 0 Å². The van der Waals surface area contributed by atoms with Gasteiger partial charge in [0.05, 0.1) is 29.6 Å². The van der Waals surface area contributed by atoms with Crippen LogP contribution in [-0.2, 0) is 0 Å². The Labute approximate surface area is 149 Å². The fourth-order valence-corrected chi connectivity index (χ4v) is 3.02. The number of fused-ring (bicyclic) bond motifs is 1. The highest BCUT2D eigenvalue weighted by molar-refractivity contribution is 5.71.